The second kappa shape index (κ2) is 12.9. The molecule has 2 aromatic rings. The standard InChI is InChI=1S/C22H24F3N5O5.C4H4O4/c1-3-5-16-18(14-6-4-7-15(10-14)22(23,24)25)27(8-9-29(16)20(31)32)12-21(2)13-28-11-17(30(33)34)26-19(28)35-21;5-3(6)1-2-4(7)8/h3-7,10-11,16,18H,8-9,12-13H2,1-2H3,(H,31,32);1-2H,(H,5,6)(H,7,8)/t16-,18?,21?;/m0./s1. The van der Waals surface area contributed by atoms with E-state index in [9.17, 15) is 42.8 Å². The molecule has 14 nitrogen and oxygen atoms in total. The van der Waals surface area contributed by atoms with E-state index in [1.807, 2.05) is 4.90 Å². The summed E-state index contributed by atoms with van der Waals surface area (Å²) in [7, 11) is 0. The van der Waals surface area contributed by atoms with Gasteiger partial charge in [-0.15, -0.1) is 0 Å². The molecule has 17 heteroatoms. The summed E-state index contributed by atoms with van der Waals surface area (Å²) in [6.07, 6.45) is 0.00819. The quantitative estimate of drug-likeness (QED) is 0.179. The number of amides is 1. The summed E-state index contributed by atoms with van der Waals surface area (Å²) in [5.74, 6) is -2.85. The number of ether oxygens (including phenoxy) is 1. The number of benzene rings is 1. The van der Waals surface area contributed by atoms with Gasteiger partial charge in [0.25, 0.3) is 0 Å². The molecule has 0 aliphatic carbocycles. The van der Waals surface area contributed by atoms with Gasteiger partial charge in [0.2, 0.25) is 0 Å². The zero-order chi connectivity index (χ0) is 32.1. The number of hydrogen-bond acceptors (Lipinski definition) is 8. The number of imidazole rings is 1. The van der Waals surface area contributed by atoms with Crippen LogP contribution in [0.3, 0.4) is 0 Å². The van der Waals surface area contributed by atoms with Gasteiger partial charge in [-0.2, -0.15) is 13.2 Å². The molecule has 3 heterocycles. The van der Waals surface area contributed by atoms with Crippen LogP contribution in [0.25, 0.3) is 0 Å². The summed E-state index contributed by atoms with van der Waals surface area (Å²) >= 11 is 0. The molecule has 3 N–H and O–H groups in total. The Bertz CT molecular complexity index is 1400. The van der Waals surface area contributed by atoms with Gasteiger partial charge >= 0.3 is 36.0 Å². The monoisotopic (exact) mass is 611 g/mol. The number of carboxylic acids is 2. The number of piperazine rings is 1. The first kappa shape index (κ1) is 32.6. The smallest absolute Gasteiger partial charge is 0.416 e. The van der Waals surface area contributed by atoms with Crippen molar-refractivity contribution >= 4 is 23.8 Å². The number of alkyl halides is 3. The van der Waals surface area contributed by atoms with Crippen molar-refractivity contribution in [3.63, 3.8) is 0 Å². The molecule has 1 aromatic heterocycles. The lowest BCUT2D eigenvalue weighted by Gasteiger charge is -2.47. The Morgan fingerprint density at radius 2 is 1.84 bits per heavy atom. The van der Waals surface area contributed by atoms with E-state index in [0.29, 0.717) is 17.7 Å². The summed E-state index contributed by atoms with van der Waals surface area (Å²) in [5.41, 5.74) is -1.38. The van der Waals surface area contributed by atoms with E-state index in [0.717, 1.165) is 12.1 Å². The molecule has 0 saturated carbocycles. The molecule has 2 unspecified atom stereocenters. The lowest BCUT2D eigenvalue weighted by atomic mass is 9.91. The number of carboxylic acid groups (broad SMARTS) is 3. The van der Waals surface area contributed by atoms with Crippen molar-refractivity contribution in [1.29, 1.82) is 0 Å². The lowest BCUT2D eigenvalue weighted by Crippen LogP contribution is -2.59. The minimum atomic E-state index is -4.55. The van der Waals surface area contributed by atoms with Crippen LogP contribution in [0.4, 0.5) is 23.8 Å². The number of allylic oxidation sites excluding steroid dienone is 1. The van der Waals surface area contributed by atoms with Gasteiger partial charge in [0, 0.05) is 36.8 Å². The van der Waals surface area contributed by atoms with Crippen LogP contribution in [-0.2, 0) is 22.3 Å². The first-order chi connectivity index (χ1) is 20.0. The molecule has 1 fully saturated rings. The van der Waals surface area contributed by atoms with Crippen LogP contribution in [0.2, 0.25) is 0 Å². The highest BCUT2D eigenvalue weighted by Crippen LogP contribution is 2.39. The molecule has 4 rings (SSSR count). The minimum absolute atomic E-state index is 0.0870. The largest absolute Gasteiger partial charge is 0.478 e. The third kappa shape index (κ3) is 8.09. The van der Waals surface area contributed by atoms with Crippen molar-refractivity contribution in [1.82, 2.24) is 19.4 Å². The average Bonchev–Trinajstić information content (AvgIpc) is 3.43. The van der Waals surface area contributed by atoms with Crippen molar-refractivity contribution < 1.29 is 52.5 Å². The third-order valence-electron chi connectivity index (χ3n) is 6.56. The van der Waals surface area contributed by atoms with Crippen LogP contribution in [0, 0.1) is 10.1 Å². The van der Waals surface area contributed by atoms with E-state index in [1.54, 1.807) is 32.1 Å². The zero-order valence-corrected chi connectivity index (χ0v) is 22.8. The Balaban J connectivity index is 0.000000557. The molecule has 2 aliphatic heterocycles. The number of hydrogen-bond donors (Lipinski definition) is 3. The van der Waals surface area contributed by atoms with E-state index in [2.05, 4.69) is 4.98 Å². The predicted molar refractivity (Wildman–Crippen MR) is 141 cm³/mol. The van der Waals surface area contributed by atoms with Crippen molar-refractivity contribution in [2.24, 2.45) is 0 Å². The fourth-order valence-electron chi connectivity index (χ4n) is 4.96. The summed E-state index contributed by atoms with van der Waals surface area (Å²) < 4.78 is 47.9. The maximum absolute atomic E-state index is 13.5. The van der Waals surface area contributed by atoms with Crippen molar-refractivity contribution in [2.45, 2.75) is 44.3 Å². The highest BCUT2D eigenvalue weighted by Gasteiger charge is 2.46. The topological polar surface area (TPSA) is 189 Å². The molecule has 1 amide bonds. The van der Waals surface area contributed by atoms with Crippen molar-refractivity contribution in [3.05, 3.63) is 76.0 Å². The van der Waals surface area contributed by atoms with Gasteiger partial charge in [0.05, 0.1) is 24.2 Å². The van der Waals surface area contributed by atoms with Gasteiger partial charge in [-0.25, -0.2) is 14.4 Å². The first-order valence-electron chi connectivity index (χ1n) is 12.6. The van der Waals surface area contributed by atoms with Gasteiger partial charge in [-0.1, -0.05) is 24.3 Å². The van der Waals surface area contributed by atoms with Gasteiger partial charge in [-0.05, 0) is 36.5 Å². The van der Waals surface area contributed by atoms with Crippen molar-refractivity contribution in [3.8, 4) is 6.01 Å². The van der Waals surface area contributed by atoms with Crippen LogP contribution in [0.1, 0.15) is 31.0 Å². The van der Waals surface area contributed by atoms with E-state index < -0.39 is 52.4 Å². The molecule has 232 valence electrons. The summed E-state index contributed by atoms with van der Waals surface area (Å²) in [4.78, 5) is 48.4. The molecule has 1 aromatic carbocycles. The van der Waals surface area contributed by atoms with E-state index in [4.69, 9.17) is 14.9 Å². The van der Waals surface area contributed by atoms with Crippen LogP contribution >= 0.6 is 0 Å². The summed E-state index contributed by atoms with van der Waals surface area (Å²) in [6.45, 7) is 4.37. The molecular weight excluding hydrogens is 583 g/mol. The van der Waals surface area contributed by atoms with E-state index in [-0.39, 0.29) is 38.0 Å². The lowest BCUT2D eigenvalue weighted by molar-refractivity contribution is -0.389. The number of aromatic nitrogens is 2. The Hall–Kier alpha value is -4.93. The second-order valence-corrected chi connectivity index (χ2v) is 9.86. The summed E-state index contributed by atoms with van der Waals surface area (Å²) in [5, 5.41) is 36.4. The van der Waals surface area contributed by atoms with Gasteiger partial charge in [0.15, 0.2) is 0 Å². The SMILES string of the molecule is CC=C[C@H]1C(c2cccc(C(F)(F)F)c2)N(CC2(C)Cn3cc([N+](=O)[O-])nc3O2)CCN1C(=O)O.O=C(O)C=CC(=O)O. The van der Waals surface area contributed by atoms with Crippen LogP contribution in [0.15, 0.2) is 54.8 Å². The van der Waals surface area contributed by atoms with Crippen LogP contribution in [0.5, 0.6) is 6.01 Å². The molecule has 2 aliphatic rings. The molecule has 43 heavy (non-hydrogen) atoms. The van der Waals surface area contributed by atoms with Crippen LogP contribution < -0.4 is 4.74 Å². The molecule has 3 atom stereocenters. The van der Waals surface area contributed by atoms with E-state index in [1.165, 1.54) is 21.7 Å². The molecule has 0 radical (unpaired) electrons. The maximum Gasteiger partial charge on any atom is 0.416 e. The highest BCUT2D eigenvalue weighted by atomic mass is 19.4. The second-order valence-electron chi connectivity index (χ2n) is 9.86. The molecular formula is C26H28F3N5O9. The number of aliphatic carboxylic acids is 2. The fraction of sp³-hybridized carbons (Fsp3) is 0.385. The van der Waals surface area contributed by atoms with E-state index >= 15 is 0 Å². The Morgan fingerprint density at radius 3 is 2.35 bits per heavy atom. The number of rotatable bonds is 7. The first-order valence-corrected chi connectivity index (χ1v) is 12.6. The van der Waals surface area contributed by atoms with Crippen molar-refractivity contribution in [2.75, 3.05) is 19.6 Å². The highest BCUT2D eigenvalue weighted by molar-refractivity contribution is 5.89. The van der Waals surface area contributed by atoms with Crippen LogP contribution in [-0.4, -0.2) is 88.9 Å². The Morgan fingerprint density at radius 1 is 1.19 bits per heavy atom. The number of nitro groups is 1. The number of nitrogens with zero attached hydrogens (tertiary/aromatic N) is 5. The molecule has 0 bridgehead atoms. The average molecular weight is 612 g/mol. The Labute approximate surface area is 242 Å². The maximum atomic E-state index is 13.5. The summed E-state index contributed by atoms with van der Waals surface area (Å²) in [6, 6.07) is 3.52. The number of fused-ring (bicyclic) bond motifs is 1. The van der Waals surface area contributed by atoms with Gasteiger partial charge in [-0.3, -0.25) is 14.4 Å². The third-order valence-corrected chi connectivity index (χ3v) is 6.56. The molecule has 0 spiro atoms. The van der Waals surface area contributed by atoms with Gasteiger partial charge < -0.3 is 30.2 Å². The van der Waals surface area contributed by atoms with Gasteiger partial charge in [0.1, 0.15) is 11.8 Å². The Kier molecular flexibility index (Phi) is 9.80. The predicted octanol–water partition coefficient (Wildman–Crippen LogP) is 3.65. The fourth-order valence-corrected chi connectivity index (χ4v) is 4.96. The number of halogens is 3. The zero-order valence-electron chi connectivity index (χ0n) is 22.8. The molecule has 1 saturated heterocycles. The minimum Gasteiger partial charge on any atom is -0.478 e. The number of carbonyl (C=O) groups is 3. The normalized spacial score (nSPS) is 22.1.